The second-order valence-corrected chi connectivity index (χ2v) is 3.51. The van der Waals surface area contributed by atoms with Crippen LogP contribution < -0.4 is 0 Å². The number of fused-ring (bicyclic) bond motifs is 3. The van der Waals surface area contributed by atoms with Crippen LogP contribution in [0.2, 0.25) is 0 Å². The van der Waals surface area contributed by atoms with Gasteiger partial charge in [0.2, 0.25) is 0 Å². The average Bonchev–Trinajstić information content (AvgIpc) is 2.29. The molecule has 0 saturated carbocycles. The van der Waals surface area contributed by atoms with Gasteiger partial charge >= 0.3 is 0 Å². The van der Waals surface area contributed by atoms with Gasteiger partial charge < -0.3 is 0 Å². The lowest BCUT2D eigenvalue weighted by molar-refractivity contribution is 1.76. The van der Waals surface area contributed by atoms with Gasteiger partial charge in [0.1, 0.15) is 0 Å². The summed E-state index contributed by atoms with van der Waals surface area (Å²) in [6, 6.07) is 21.4. The summed E-state index contributed by atoms with van der Waals surface area (Å²) >= 11 is 0. The Kier molecular flexibility index (Phi) is 1.54. The van der Waals surface area contributed by atoms with Crippen molar-refractivity contribution in [1.29, 1.82) is 0 Å². The van der Waals surface area contributed by atoms with Gasteiger partial charge in [0.05, 0.1) is 0 Å². The fourth-order valence-electron chi connectivity index (χ4n) is 1.95. The summed E-state index contributed by atoms with van der Waals surface area (Å²) in [5.41, 5.74) is 0. The van der Waals surface area contributed by atoms with Crippen LogP contribution in [0.15, 0.2) is 60.7 Å². The summed E-state index contributed by atoms with van der Waals surface area (Å²) in [4.78, 5) is 0. The molecule has 0 spiro atoms. The van der Waals surface area contributed by atoms with Gasteiger partial charge in [-0.3, -0.25) is 0 Å². The first-order valence-corrected chi connectivity index (χ1v) is 4.82. The first-order valence-electron chi connectivity index (χ1n) is 4.82. The Morgan fingerprint density at radius 1 is 0.429 bits per heavy atom. The molecule has 0 fully saturated rings. The maximum atomic E-state index is 2.18. The molecule has 3 rings (SSSR count). The molecule has 0 aliphatic rings. The van der Waals surface area contributed by atoms with Crippen LogP contribution >= 0.6 is 0 Å². The highest BCUT2D eigenvalue weighted by molar-refractivity contribution is 6.07. The van der Waals surface area contributed by atoms with Gasteiger partial charge in [-0.25, -0.2) is 0 Å². The van der Waals surface area contributed by atoms with E-state index in [-0.39, 0.29) is 0 Å². The molecule has 0 aliphatic heterocycles. The predicted octanol–water partition coefficient (Wildman–Crippen LogP) is 3.99. The molecular formula is C14H10. The van der Waals surface area contributed by atoms with Crippen molar-refractivity contribution in [1.82, 2.24) is 0 Å². The Bertz CT molecular complexity index is 539. The van der Waals surface area contributed by atoms with Crippen molar-refractivity contribution in [3.63, 3.8) is 0 Å². The molecule has 0 aliphatic carbocycles. The summed E-state index contributed by atoms with van der Waals surface area (Å²) < 4.78 is 0. The average molecular weight is 206 g/mol. The van der Waals surface area contributed by atoms with Crippen molar-refractivity contribution in [3.8, 4) is 0 Å². The van der Waals surface area contributed by atoms with Gasteiger partial charge in [-0.15, -0.1) is 0 Å². The number of hydrogen-bond donors (Lipinski definition) is 0. The monoisotopic (exact) mass is 206 g/mol. The standard InChI is InChI=1S/C14H10/c1-3-7-13-11(5-1)9-10-12-6-2-4-8-14(12)13/h1-10H/i1+2,2+2,3+2,4+2,5+2,6+2,7+2,8+2,9+2,10+2,11+2,12+2,13+2,14+2. The van der Waals surface area contributed by atoms with E-state index in [0.717, 1.165) is 0 Å². The Balaban J connectivity index is 2.61. The zero-order valence-corrected chi connectivity index (χ0v) is 7.77. The van der Waals surface area contributed by atoms with Gasteiger partial charge in [0.15, 0.2) is 0 Å². The SMILES string of the molecule is [14cH]1[14cH][14cH][14c]2[14c]([14cH]1)[14cH][14cH][14c]1[14cH][14cH][14cH][14cH][14c]12. The van der Waals surface area contributed by atoms with E-state index in [1.54, 1.807) is 0 Å². The second-order valence-electron chi connectivity index (χ2n) is 3.51. The topological polar surface area (TPSA) is 0 Å². The molecule has 0 nitrogen and oxygen atoms in total. The molecule has 66 valence electrons. The van der Waals surface area contributed by atoms with E-state index in [0.29, 0.717) is 0 Å². The Labute approximate surface area is 82.8 Å². The fourth-order valence-corrected chi connectivity index (χ4v) is 1.95. The van der Waals surface area contributed by atoms with Crippen molar-refractivity contribution in [2.45, 2.75) is 0 Å². The largest absolute Gasteiger partial charge is 0.0616 e. The van der Waals surface area contributed by atoms with Crippen LogP contribution in [0.1, 0.15) is 0 Å². The van der Waals surface area contributed by atoms with E-state index in [1.165, 1.54) is 21.5 Å². The maximum Gasteiger partial charge on any atom is -0.0105 e. The lowest BCUT2D eigenvalue weighted by atomic mass is 12.0. The second kappa shape index (κ2) is 2.85. The third kappa shape index (κ3) is 1.01. The van der Waals surface area contributed by atoms with Gasteiger partial charge in [-0.2, -0.15) is 0 Å². The smallest absolute Gasteiger partial charge is 0.0105 e. The lowest BCUT2D eigenvalue weighted by Crippen LogP contribution is -1.75. The van der Waals surface area contributed by atoms with Crippen molar-refractivity contribution in [2.24, 2.45) is 0 Å². The first kappa shape index (κ1) is 7.57. The fraction of sp³-hybridized carbons (Fsp3) is 0. The number of benzene rings is 3. The molecule has 0 bridgehead atoms. The summed E-state index contributed by atoms with van der Waals surface area (Å²) in [6.45, 7) is 0. The quantitative estimate of drug-likeness (QED) is 0.488. The highest BCUT2D eigenvalue weighted by Crippen LogP contribution is 2.24. The van der Waals surface area contributed by atoms with Gasteiger partial charge in [-0.1, -0.05) is 60.7 Å². The minimum Gasteiger partial charge on any atom is -0.0616 e. The van der Waals surface area contributed by atoms with Crippen molar-refractivity contribution >= 4 is 21.5 Å². The molecule has 0 radical (unpaired) electrons. The van der Waals surface area contributed by atoms with E-state index in [9.17, 15) is 0 Å². The minimum absolute atomic E-state index is 1.31. The van der Waals surface area contributed by atoms with Gasteiger partial charge in [0.25, 0.3) is 0 Å². The van der Waals surface area contributed by atoms with E-state index in [2.05, 4.69) is 60.7 Å². The molecule has 0 amide bonds. The van der Waals surface area contributed by atoms with Crippen LogP contribution in [0.25, 0.3) is 21.5 Å². The molecular weight excluding hydrogens is 196 g/mol. The third-order valence-electron chi connectivity index (χ3n) is 2.65. The van der Waals surface area contributed by atoms with Crippen LogP contribution in [-0.4, -0.2) is 0 Å². The van der Waals surface area contributed by atoms with E-state index >= 15 is 0 Å². The molecule has 3 aromatic carbocycles. The zero-order chi connectivity index (χ0) is 9.38. The van der Waals surface area contributed by atoms with Crippen molar-refractivity contribution < 1.29 is 0 Å². The lowest BCUT2D eigenvalue weighted by Gasteiger charge is -2.02. The van der Waals surface area contributed by atoms with E-state index in [1.807, 2.05) is 0 Å². The molecule has 0 unspecified atom stereocenters. The minimum atomic E-state index is 1.31. The molecule has 0 atom stereocenters. The summed E-state index contributed by atoms with van der Waals surface area (Å²) in [5.74, 6) is 0. The normalized spacial score (nSPS) is 10.9. The summed E-state index contributed by atoms with van der Waals surface area (Å²) in [5, 5.41) is 5.30. The van der Waals surface area contributed by atoms with Gasteiger partial charge in [0, 0.05) is 0 Å². The van der Waals surface area contributed by atoms with E-state index < -0.39 is 0 Å². The Morgan fingerprint density at radius 3 is 1.36 bits per heavy atom. The third-order valence-corrected chi connectivity index (χ3v) is 2.65. The summed E-state index contributed by atoms with van der Waals surface area (Å²) in [7, 11) is 0. The van der Waals surface area contributed by atoms with Crippen molar-refractivity contribution in [2.75, 3.05) is 0 Å². The van der Waals surface area contributed by atoms with Crippen LogP contribution in [0.4, 0.5) is 0 Å². The molecule has 0 heteroatoms. The first-order chi connectivity index (χ1) is 6.95. The Morgan fingerprint density at radius 2 is 0.857 bits per heavy atom. The van der Waals surface area contributed by atoms with Gasteiger partial charge in [-0.05, 0) is 21.5 Å². The number of rotatable bonds is 0. The molecule has 0 aromatic heterocycles. The predicted molar refractivity (Wildman–Crippen MR) is 61.5 cm³/mol. The Hall–Kier alpha value is -1.82. The van der Waals surface area contributed by atoms with Crippen molar-refractivity contribution in [3.05, 3.63) is 60.7 Å². The summed E-state index contributed by atoms with van der Waals surface area (Å²) in [6.07, 6.45) is 0. The van der Waals surface area contributed by atoms with Crippen LogP contribution in [-0.2, 0) is 0 Å². The highest BCUT2D eigenvalue weighted by atomic mass is 16.0. The molecule has 0 heterocycles. The zero-order valence-electron chi connectivity index (χ0n) is 7.77. The molecule has 0 saturated heterocycles. The molecule has 3 aromatic rings. The van der Waals surface area contributed by atoms with Crippen LogP contribution in [0, 0.1) is 0 Å². The van der Waals surface area contributed by atoms with Crippen LogP contribution in [0.3, 0.4) is 0 Å². The van der Waals surface area contributed by atoms with Crippen LogP contribution in [0.5, 0.6) is 0 Å². The maximum absolute atomic E-state index is 2.18. The highest BCUT2D eigenvalue weighted by Gasteiger charge is 1.97. The van der Waals surface area contributed by atoms with E-state index in [4.69, 9.17) is 0 Å². The number of hydrogen-bond acceptors (Lipinski definition) is 0. The molecule has 0 N–H and O–H groups in total. The molecule has 14 heavy (non-hydrogen) atoms.